The number of carbonyl (C=O) groups is 2. The number of hydrogen-bond acceptors (Lipinski definition) is 6. The topological polar surface area (TPSA) is 118 Å². The van der Waals surface area contributed by atoms with Gasteiger partial charge in [0.1, 0.15) is 0 Å². The number of hydrogen-bond donors (Lipinski definition) is 2. The summed E-state index contributed by atoms with van der Waals surface area (Å²) in [6.07, 6.45) is 3.34. The lowest BCUT2D eigenvalue weighted by atomic mass is 10.2. The van der Waals surface area contributed by atoms with E-state index in [4.69, 9.17) is 9.47 Å². The summed E-state index contributed by atoms with van der Waals surface area (Å²) in [6, 6.07) is 0. The standard InChI is InChI=1S/C14H18N2O6/c1-9(2)8-22-12(18)4-3-11(17)21-6-5-10-7-15-14(20)16-13(10)19/h3-4,7,9H,5-6,8H2,1-2H3,(H2,15,16,19,20)/b4-3+. The second-order valence-corrected chi connectivity index (χ2v) is 4.87. The normalized spacial score (nSPS) is 10.9. The number of aromatic nitrogens is 2. The molecule has 1 aromatic rings. The van der Waals surface area contributed by atoms with Gasteiger partial charge in [0.05, 0.1) is 13.2 Å². The molecule has 0 aliphatic rings. The van der Waals surface area contributed by atoms with Crippen molar-refractivity contribution < 1.29 is 19.1 Å². The molecular weight excluding hydrogens is 292 g/mol. The number of rotatable bonds is 7. The molecule has 1 rings (SSSR count). The quantitative estimate of drug-likeness (QED) is 0.536. The van der Waals surface area contributed by atoms with Crippen LogP contribution >= 0.6 is 0 Å². The number of aromatic amines is 2. The molecule has 120 valence electrons. The third-order valence-corrected chi connectivity index (χ3v) is 2.43. The molecule has 0 saturated carbocycles. The van der Waals surface area contributed by atoms with Crippen molar-refractivity contribution in [3.05, 3.63) is 44.8 Å². The highest BCUT2D eigenvalue weighted by Gasteiger charge is 2.04. The van der Waals surface area contributed by atoms with Crippen LogP contribution in [0.25, 0.3) is 0 Å². The minimum Gasteiger partial charge on any atom is -0.462 e. The van der Waals surface area contributed by atoms with Crippen LogP contribution in [0.5, 0.6) is 0 Å². The van der Waals surface area contributed by atoms with Crippen molar-refractivity contribution in [3.63, 3.8) is 0 Å². The Kier molecular flexibility index (Phi) is 6.81. The maximum Gasteiger partial charge on any atom is 0.331 e. The summed E-state index contributed by atoms with van der Waals surface area (Å²) in [4.78, 5) is 49.1. The van der Waals surface area contributed by atoms with Crippen LogP contribution in [0.15, 0.2) is 27.9 Å². The Hall–Kier alpha value is -2.64. The summed E-state index contributed by atoms with van der Waals surface area (Å²) in [6.45, 7) is 4.00. The molecule has 0 aliphatic carbocycles. The van der Waals surface area contributed by atoms with Crippen LogP contribution < -0.4 is 11.2 Å². The highest BCUT2D eigenvalue weighted by atomic mass is 16.5. The molecule has 0 atom stereocenters. The molecule has 2 N–H and O–H groups in total. The van der Waals surface area contributed by atoms with E-state index in [1.807, 2.05) is 13.8 Å². The van der Waals surface area contributed by atoms with E-state index in [1.165, 1.54) is 6.20 Å². The highest BCUT2D eigenvalue weighted by molar-refractivity contribution is 5.91. The minimum atomic E-state index is -0.720. The first kappa shape index (κ1) is 17.4. The first-order valence-electron chi connectivity index (χ1n) is 6.71. The van der Waals surface area contributed by atoms with Crippen molar-refractivity contribution >= 4 is 11.9 Å². The van der Waals surface area contributed by atoms with E-state index in [0.29, 0.717) is 0 Å². The van der Waals surface area contributed by atoms with Gasteiger partial charge in [-0.15, -0.1) is 0 Å². The SMILES string of the molecule is CC(C)COC(=O)/C=C/C(=O)OCCc1c[nH]c(=O)[nH]c1=O. The van der Waals surface area contributed by atoms with E-state index in [1.54, 1.807) is 0 Å². The van der Waals surface area contributed by atoms with E-state index < -0.39 is 23.2 Å². The van der Waals surface area contributed by atoms with Gasteiger partial charge in [-0.05, 0) is 5.92 Å². The van der Waals surface area contributed by atoms with E-state index in [9.17, 15) is 19.2 Å². The Morgan fingerprint density at radius 2 is 1.82 bits per heavy atom. The summed E-state index contributed by atoms with van der Waals surface area (Å²) < 4.78 is 9.67. The Bertz CT molecular complexity index is 656. The average molecular weight is 310 g/mol. The zero-order valence-electron chi connectivity index (χ0n) is 12.4. The Morgan fingerprint density at radius 3 is 2.41 bits per heavy atom. The molecule has 0 aromatic carbocycles. The summed E-state index contributed by atoms with van der Waals surface area (Å²) in [5.74, 6) is -1.13. The molecule has 1 aromatic heterocycles. The highest BCUT2D eigenvalue weighted by Crippen LogP contribution is 1.94. The second kappa shape index (κ2) is 8.60. The maximum atomic E-state index is 11.4. The summed E-state index contributed by atoms with van der Waals surface area (Å²) in [5, 5.41) is 0. The number of nitrogens with one attached hydrogen (secondary N) is 2. The molecule has 0 spiro atoms. The van der Waals surface area contributed by atoms with E-state index in [0.717, 1.165) is 12.2 Å². The number of ether oxygens (including phenoxy) is 2. The van der Waals surface area contributed by atoms with Crippen LogP contribution in [0.2, 0.25) is 0 Å². The Morgan fingerprint density at radius 1 is 1.18 bits per heavy atom. The molecule has 8 nitrogen and oxygen atoms in total. The fourth-order valence-corrected chi connectivity index (χ4v) is 1.37. The van der Waals surface area contributed by atoms with Crippen LogP contribution in [0, 0.1) is 5.92 Å². The number of carbonyl (C=O) groups excluding carboxylic acids is 2. The van der Waals surface area contributed by atoms with Crippen molar-refractivity contribution in [2.75, 3.05) is 13.2 Å². The summed E-state index contributed by atoms with van der Waals surface area (Å²) >= 11 is 0. The fraction of sp³-hybridized carbons (Fsp3) is 0.429. The molecule has 0 unspecified atom stereocenters. The van der Waals surface area contributed by atoms with Gasteiger partial charge in [0, 0.05) is 30.3 Å². The van der Waals surface area contributed by atoms with Gasteiger partial charge >= 0.3 is 17.6 Å². The lowest BCUT2D eigenvalue weighted by Crippen LogP contribution is -2.25. The van der Waals surface area contributed by atoms with Gasteiger partial charge in [-0.3, -0.25) is 9.78 Å². The average Bonchev–Trinajstić information content (AvgIpc) is 2.45. The van der Waals surface area contributed by atoms with Gasteiger partial charge in [0.15, 0.2) is 0 Å². The van der Waals surface area contributed by atoms with Gasteiger partial charge in [0.2, 0.25) is 0 Å². The third-order valence-electron chi connectivity index (χ3n) is 2.43. The predicted molar refractivity (Wildman–Crippen MR) is 77.3 cm³/mol. The van der Waals surface area contributed by atoms with Crippen LogP contribution in [-0.4, -0.2) is 35.1 Å². The fourth-order valence-electron chi connectivity index (χ4n) is 1.37. The predicted octanol–water partition coefficient (Wildman–Crippen LogP) is -0.0957. The second-order valence-electron chi connectivity index (χ2n) is 4.87. The molecule has 22 heavy (non-hydrogen) atoms. The minimum absolute atomic E-state index is 0.0562. The first-order valence-corrected chi connectivity index (χ1v) is 6.71. The third kappa shape index (κ3) is 6.69. The van der Waals surface area contributed by atoms with Crippen molar-refractivity contribution in [2.45, 2.75) is 20.3 Å². The molecule has 0 bridgehead atoms. The van der Waals surface area contributed by atoms with Crippen molar-refractivity contribution in [1.29, 1.82) is 0 Å². The van der Waals surface area contributed by atoms with Crippen LogP contribution in [0.1, 0.15) is 19.4 Å². The van der Waals surface area contributed by atoms with Gasteiger partial charge in [-0.2, -0.15) is 0 Å². The zero-order chi connectivity index (χ0) is 16.5. The summed E-state index contributed by atoms with van der Waals surface area (Å²) in [5.41, 5.74) is -0.853. The summed E-state index contributed by atoms with van der Waals surface area (Å²) in [7, 11) is 0. The molecule has 0 saturated heterocycles. The maximum absolute atomic E-state index is 11.4. The van der Waals surface area contributed by atoms with Gasteiger partial charge < -0.3 is 14.5 Å². The molecule has 0 aliphatic heterocycles. The number of H-pyrrole nitrogens is 2. The Labute approximate surface area is 126 Å². The van der Waals surface area contributed by atoms with Crippen molar-refractivity contribution in [2.24, 2.45) is 5.92 Å². The lowest BCUT2D eigenvalue weighted by molar-refractivity contribution is -0.141. The number of esters is 2. The van der Waals surface area contributed by atoms with Crippen LogP contribution in [0.3, 0.4) is 0 Å². The lowest BCUT2D eigenvalue weighted by Gasteiger charge is -2.04. The first-order chi connectivity index (χ1) is 10.4. The smallest absolute Gasteiger partial charge is 0.331 e. The van der Waals surface area contributed by atoms with E-state index in [2.05, 4.69) is 9.97 Å². The largest absolute Gasteiger partial charge is 0.462 e. The van der Waals surface area contributed by atoms with Crippen molar-refractivity contribution in [1.82, 2.24) is 9.97 Å². The van der Waals surface area contributed by atoms with Gasteiger partial charge in [0.25, 0.3) is 5.56 Å². The van der Waals surface area contributed by atoms with E-state index in [-0.39, 0.29) is 31.1 Å². The Balaban J connectivity index is 2.35. The monoisotopic (exact) mass is 310 g/mol. The van der Waals surface area contributed by atoms with Gasteiger partial charge in [-0.1, -0.05) is 13.8 Å². The molecule has 8 heteroatoms. The molecule has 0 radical (unpaired) electrons. The van der Waals surface area contributed by atoms with Gasteiger partial charge in [-0.25, -0.2) is 14.4 Å². The molecule has 1 heterocycles. The molecular formula is C14H18N2O6. The van der Waals surface area contributed by atoms with Crippen LogP contribution in [-0.2, 0) is 25.5 Å². The molecule has 0 fully saturated rings. The van der Waals surface area contributed by atoms with Crippen molar-refractivity contribution in [3.8, 4) is 0 Å². The van der Waals surface area contributed by atoms with Crippen LogP contribution in [0.4, 0.5) is 0 Å². The molecule has 0 amide bonds. The zero-order valence-corrected chi connectivity index (χ0v) is 12.4. The van der Waals surface area contributed by atoms with E-state index >= 15 is 0 Å².